The monoisotopic (exact) mass is 758 g/mol. The number of para-hydroxylation sites is 1. The highest BCUT2D eigenvalue weighted by Gasteiger charge is 2.51. The Bertz CT molecular complexity index is 1420. The predicted octanol–water partition coefficient (Wildman–Crippen LogP) is 3.31. The van der Waals surface area contributed by atoms with Gasteiger partial charge in [0.15, 0.2) is 18.8 Å². The minimum atomic E-state index is -3.28. The summed E-state index contributed by atoms with van der Waals surface area (Å²) in [7, 11) is 0. The molecule has 0 aromatic heterocycles. The minimum absolute atomic E-state index is 0.00186. The van der Waals surface area contributed by atoms with Crippen LogP contribution in [0.15, 0.2) is 54.6 Å². The minimum Gasteiger partial charge on any atom is -0.487 e. The number of aliphatic hydroxyl groups excluding tert-OH is 2. The van der Waals surface area contributed by atoms with Crippen molar-refractivity contribution >= 4 is 11.9 Å². The maximum atomic E-state index is 14.5. The van der Waals surface area contributed by atoms with E-state index in [-0.39, 0.29) is 45.3 Å². The van der Waals surface area contributed by atoms with Crippen molar-refractivity contribution in [3.63, 3.8) is 0 Å². The molecular weight excluding hydrogens is 714 g/mol. The zero-order valence-corrected chi connectivity index (χ0v) is 28.7. The van der Waals surface area contributed by atoms with Gasteiger partial charge in [0.1, 0.15) is 30.7 Å². The smallest absolute Gasteiger partial charge is 0.306 e. The number of unbranched alkanes of at least 4 members (excludes halogenated alkanes) is 1. The number of hydrogen-bond donors (Lipinski definition) is 2. The van der Waals surface area contributed by atoms with E-state index in [9.17, 15) is 48.8 Å². The van der Waals surface area contributed by atoms with Gasteiger partial charge in [-0.15, -0.1) is 20.2 Å². The lowest BCUT2D eigenvalue weighted by atomic mass is 9.89. The van der Waals surface area contributed by atoms with Gasteiger partial charge in [-0.25, -0.2) is 0 Å². The van der Waals surface area contributed by atoms with Crippen LogP contribution in [0.1, 0.15) is 51.4 Å². The van der Waals surface area contributed by atoms with Crippen molar-refractivity contribution in [3.05, 3.63) is 74.9 Å². The number of carbonyl (C=O) groups excluding carboxylic acids is 2. The molecule has 0 amide bonds. The third-order valence-corrected chi connectivity index (χ3v) is 9.02. The highest BCUT2D eigenvalue weighted by atomic mass is 19.3. The predicted molar refractivity (Wildman–Crippen MR) is 175 cm³/mol. The molecular formula is C34H44F2N2O15. The Morgan fingerprint density at radius 1 is 0.943 bits per heavy atom. The van der Waals surface area contributed by atoms with Crippen LogP contribution in [0.5, 0.6) is 5.75 Å². The molecule has 2 aliphatic heterocycles. The molecule has 294 valence electrons. The first-order chi connectivity index (χ1) is 25.3. The number of rotatable bonds is 22. The number of benzene rings is 1. The van der Waals surface area contributed by atoms with Crippen molar-refractivity contribution in [2.75, 3.05) is 26.4 Å². The average Bonchev–Trinajstić information content (AvgIpc) is 3.77. The molecule has 0 bridgehead atoms. The van der Waals surface area contributed by atoms with Gasteiger partial charge in [0.05, 0.1) is 25.4 Å². The quantitative estimate of drug-likeness (QED) is 0.0569. The lowest BCUT2D eigenvalue weighted by Gasteiger charge is -2.20. The summed E-state index contributed by atoms with van der Waals surface area (Å²) in [6.07, 6.45) is 0.927. The summed E-state index contributed by atoms with van der Waals surface area (Å²) >= 11 is 0. The van der Waals surface area contributed by atoms with Crippen LogP contribution in [0.3, 0.4) is 0 Å². The second kappa shape index (κ2) is 20.1. The summed E-state index contributed by atoms with van der Waals surface area (Å²) in [6.45, 7) is -1.51. The standard InChI is InChI=1S/C34H44F2N2O15/c35-34(36,21-49-22-9-4-3-5-10-22)16-15-25-24(26(39)17-27(25)40)12-6-1-2-7-13-30(41)51-28-19-47-33-29(20-48-32(28)33)52-31(42)14-8-11-23(53-38(45)46)18-50-37(43)44/h1,3-6,9-10,15-16,23-29,32-33,39-40H,2,7-8,11-14,17-21H2/b6-1-,16-15+/t23?,24-,25-,26+,27-,28?,29-,32-,33-/m1/s1. The zero-order valence-electron chi connectivity index (χ0n) is 28.7. The highest BCUT2D eigenvalue weighted by molar-refractivity contribution is 5.70. The van der Waals surface area contributed by atoms with Crippen molar-refractivity contribution in [3.8, 4) is 5.75 Å². The van der Waals surface area contributed by atoms with Gasteiger partial charge < -0.3 is 43.6 Å². The van der Waals surface area contributed by atoms with Crippen LogP contribution in [0, 0.1) is 32.1 Å². The summed E-state index contributed by atoms with van der Waals surface area (Å²) in [5.74, 6) is -5.25. The van der Waals surface area contributed by atoms with E-state index in [1.807, 2.05) is 6.08 Å². The summed E-state index contributed by atoms with van der Waals surface area (Å²) in [4.78, 5) is 54.3. The van der Waals surface area contributed by atoms with Gasteiger partial charge in [-0.05, 0) is 56.2 Å². The molecule has 1 aliphatic carbocycles. The number of fused-ring (bicyclic) bond motifs is 1. The third-order valence-electron chi connectivity index (χ3n) is 9.02. The van der Waals surface area contributed by atoms with Crippen LogP contribution < -0.4 is 4.74 Å². The van der Waals surface area contributed by atoms with Crippen LogP contribution >= 0.6 is 0 Å². The molecule has 2 unspecified atom stereocenters. The molecule has 3 aliphatic rings. The van der Waals surface area contributed by atoms with E-state index < -0.39 is 95.8 Å². The Kier molecular flexibility index (Phi) is 15.7. The Hall–Kier alpha value is -4.46. The first-order valence-electron chi connectivity index (χ1n) is 17.3. The van der Waals surface area contributed by atoms with E-state index in [1.165, 1.54) is 6.08 Å². The zero-order chi connectivity index (χ0) is 38.4. The molecule has 17 nitrogen and oxygen atoms in total. The number of allylic oxidation sites excluding steroid dienone is 2. The summed E-state index contributed by atoms with van der Waals surface area (Å²) < 4.78 is 56.5. The van der Waals surface area contributed by atoms with Gasteiger partial charge >= 0.3 is 11.9 Å². The lowest BCUT2D eigenvalue weighted by Crippen LogP contribution is -2.36. The largest absolute Gasteiger partial charge is 0.487 e. The Morgan fingerprint density at radius 2 is 1.58 bits per heavy atom. The normalized spacial score (nSPS) is 27.4. The van der Waals surface area contributed by atoms with E-state index in [1.54, 1.807) is 36.4 Å². The summed E-state index contributed by atoms with van der Waals surface area (Å²) in [6, 6.07) is 8.23. The maximum absolute atomic E-state index is 14.5. The fourth-order valence-electron chi connectivity index (χ4n) is 6.43. The van der Waals surface area contributed by atoms with Crippen LogP contribution in [-0.2, 0) is 38.2 Å². The molecule has 3 fully saturated rings. The summed E-state index contributed by atoms with van der Waals surface area (Å²) in [5.41, 5.74) is 0. The SMILES string of the molecule is O=C(CCC/C=C\C[C@@H]1[C@@H](/C=C/C(F)(F)COc2ccccc2)[C@H](O)C[C@@H]1O)OC1CO[C@H]2[C@@H]1OC[C@H]2OC(=O)CCCC(CO[N+](=O)[O-])O[N+](=O)[O-]. The molecule has 0 radical (unpaired) electrons. The fourth-order valence-corrected chi connectivity index (χ4v) is 6.43. The Labute approximate surface area is 303 Å². The first kappa shape index (κ1) is 41.3. The van der Waals surface area contributed by atoms with Gasteiger partial charge in [0.2, 0.25) is 0 Å². The van der Waals surface area contributed by atoms with Gasteiger partial charge in [0, 0.05) is 25.2 Å². The maximum Gasteiger partial charge on any atom is 0.306 e. The molecule has 4 rings (SSSR count). The molecule has 1 aromatic rings. The first-order valence-corrected chi connectivity index (χ1v) is 17.3. The van der Waals surface area contributed by atoms with Crippen LogP contribution in [0.2, 0.25) is 0 Å². The van der Waals surface area contributed by atoms with Gasteiger partial charge in [0.25, 0.3) is 16.1 Å². The van der Waals surface area contributed by atoms with E-state index >= 15 is 0 Å². The second-order valence-corrected chi connectivity index (χ2v) is 12.9. The number of ether oxygens (including phenoxy) is 5. The van der Waals surface area contributed by atoms with Crippen LogP contribution in [-0.4, -0.2) is 107 Å². The molecule has 53 heavy (non-hydrogen) atoms. The van der Waals surface area contributed by atoms with Gasteiger partial charge in [-0.1, -0.05) is 36.4 Å². The molecule has 2 heterocycles. The number of alkyl halides is 2. The third kappa shape index (κ3) is 13.5. The number of nitrogens with zero attached hydrogens (tertiary/aromatic N) is 2. The molecule has 0 spiro atoms. The van der Waals surface area contributed by atoms with E-state index in [0.29, 0.717) is 31.1 Å². The molecule has 1 saturated carbocycles. The number of esters is 2. The van der Waals surface area contributed by atoms with E-state index in [2.05, 4.69) is 9.68 Å². The fraction of sp³-hybridized carbons (Fsp3) is 0.647. The number of halogens is 2. The number of aliphatic hydroxyl groups is 2. The van der Waals surface area contributed by atoms with Crippen LogP contribution in [0.25, 0.3) is 0 Å². The van der Waals surface area contributed by atoms with Crippen molar-refractivity contribution in [2.24, 2.45) is 11.8 Å². The molecule has 1 aromatic carbocycles. The lowest BCUT2D eigenvalue weighted by molar-refractivity contribution is -0.790. The highest BCUT2D eigenvalue weighted by Crippen LogP contribution is 2.37. The van der Waals surface area contributed by atoms with Crippen molar-refractivity contribution in [1.29, 1.82) is 0 Å². The average molecular weight is 759 g/mol. The van der Waals surface area contributed by atoms with Crippen LogP contribution in [0.4, 0.5) is 8.78 Å². The Morgan fingerprint density at radius 3 is 2.21 bits per heavy atom. The summed E-state index contributed by atoms with van der Waals surface area (Å²) in [5, 5.41) is 39.6. The Balaban J connectivity index is 1.12. The second-order valence-electron chi connectivity index (χ2n) is 12.9. The number of carbonyl (C=O) groups is 2. The van der Waals surface area contributed by atoms with Crippen molar-refractivity contribution in [2.45, 2.75) is 100 Å². The molecule has 2 saturated heterocycles. The molecule has 9 atom stereocenters. The van der Waals surface area contributed by atoms with Gasteiger partial charge in [-0.3, -0.25) is 9.59 Å². The molecule has 2 N–H and O–H groups in total. The number of hydrogen-bond acceptors (Lipinski definition) is 15. The molecule has 19 heteroatoms. The van der Waals surface area contributed by atoms with Crippen molar-refractivity contribution in [1.82, 2.24) is 0 Å². The van der Waals surface area contributed by atoms with E-state index in [0.717, 1.165) is 0 Å². The van der Waals surface area contributed by atoms with Gasteiger partial charge in [-0.2, -0.15) is 8.78 Å². The van der Waals surface area contributed by atoms with E-state index in [4.69, 9.17) is 23.7 Å². The topological polar surface area (TPSA) is 225 Å². The van der Waals surface area contributed by atoms with Crippen molar-refractivity contribution < 1.29 is 72.1 Å².